The molecule has 106 valence electrons. The molecule has 1 aromatic carbocycles. The van der Waals surface area contributed by atoms with Crippen LogP contribution in [-0.4, -0.2) is 36.6 Å². The van der Waals surface area contributed by atoms with Gasteiger partial charge in [-0.05, 0) is 32.9 Å². The minimum Gasteiger partial charge on any atom is -0.369 e. The van der Waals surface area contributed by atoms with E-state index < -0.39 is 0 Å². The first-order valence-corrected chi connectivity index (χ1v) is 6.90. The van der Waals surface area contributed by atoms with Crippen molar-refractivity contribution in [3.63, 3.8) is 0 Å². The van der Waals surface area contributed by atoms with Crippen molar-refractivity contribution in [2.45, 2.75) is 32.9 Å². The summed E-state index contributed by atoms with van der Waals surface area (Å²) in [7, 11) is 0. The third kappa shape index (κ3) is 3.25. The van der Waals surface area contributed by atoms with E-state index >= 15 is 0 Å². The maximum absolute atomic E-state index is 13.8. The van der Waals surface area contributed by atoms with Crippen molar-refractivity contribution < 1.29 is 4.39 Å². The minimum absolute atomic E-state index is 0.196. The highest BCUT2D eigenvalue weighted by atomic mass is 19.1. The Morgan fingerprint density at radius 1 is 1.16 bits per heavy atom. The summed E-state index contributed by atoms with van der Waals surface area (Å²) < 4.78 is 13.8. The topological polar surface area (TPSA) is 32.5 Å². The molecule has 0 amide bonds. The Morgan fingerprint density at radius 2 is 1.79 bits per heavy atom. The van der Waals surface area contributed by atoms with Crippen LogP contribution in [0.3, 0.4) is 0 Å². The molecule has 0 aliphatic carbocycles. The number of nitrogens with zero attached hydrogens (tertiary/aromatic N) is 2. The molecule has 3 nitrogen and oxygen atoms in total. The predicted molar refractivity (Wildman–Crippen MR) is 77.8 cm³/mol. The summed E-state index contributed by atoms with van der Waals surface area (Å²) in [5.41, 5.74) is 7.24. The second-order valence-corrected chi connectivity index (χ2v) is 6.12. The van der Waals surface area contributed by atoms with Crippen molar-refractivity contribution >= 4 is 5.69 Å². The molecule has 2 rings (SSSR count). The number of halogens is 1. The van der Waals surface area contributed by atoms with Crippen molar-refractivity contribution in [2.75, 3.05) is 31.1 Å². The Hall–Kier alpha value is -1.13. The van der Waals surface area contributed by atoms with Crippen LogP contribution < -0.4 is 10.6 Å². The van der Waals surface area contributed by atoms with Crippen LogP contribution in [0.4, 0.5) is 10.1 Å². The number of piperazine rings is 1. The summed E-state index contributed by atoms with van der Waals surface area (Å²) in [6.45, 7) is 10.9. The highest BCUT2D eigenvalue weighted by Crippen LogP contribution is 2.22. The standard InChI is InChI=1S/C15H24FN3/c1-15(2,3)19-8-6-18(7-9-19)13-5-4-12(11-17)14(16)10-13/h4-5,10H,6-9,11,17H2,1-3H3. The van der Waals surface area contributed by atoms with E-state index in [-0.39, 0.29) is 17.9 Å². The van der Waals surface area contributed by atoms with E-state index in [9.17, 15) is 4.39 Å². The lowest BCUT2D eigenvalue weighted by Crippen LogP contribution is -2.53. The van der Waals surface area contributed by atoms with E-state index in [4.69, 9.17) is 5.73 Å². The fourth-order valence-corrected chi connectivity index (χ4v) is 2.53. The van der Waals surface area contributed by atoms with Crippen LogP contribution in [0.15, 0.2) is 18.2 Å². The molecule has 1 aliphatic rings. The molecule has 2 N–H and O–H groups in total. The van der Waals surface area contributed by atoms with Gasteiger partial charge in [0.05, 0.1) is 0 Å². The van der Waals surface area contributed by atoms with Crippen LogP contribution in [0, 0.1) is 5.82 Å². The predicted octanol–water partition coefficient (Wildman–Crippen LogP) is 2.20. The normalized spacial score (nSPS) is 17.8. The van der Waals surface area contributed by atoms with Gasteiger partial charge in [-0.25, -0.2) is 4.39 Å². The number of anilines is 1. The van der Waals surface area contributed by atoms with Gasteiger partial charge in [0.1, 0.15) is 5.82 Å². The number of rotatable bonds is 2. The summed E-state index contributed by atoms with van der Waals surface area (Å²) in [6, 6.07) is 5.37. The lowest BCUT2D eigenvalue weighted by molar-refractivity contribution is 0.128. The molecule has 0 spiro atoms. The highest BCUT2D eigenvalue weighted by molar-refractivity contribution is 5.48. The van der Waals surface area contributed by atoms with Crippen LogP contribution in [-0.2, 0) is 6.54 Å². The molecule has 1 saturated heterocycles. The van der Waals surface area contributed by atoms with Crippen molar-refractivity contribution in [3.05, 3.63) is 29.6 Å². The van der Waals surface area contributed by atoms with Crippen LogP contribution in [0.1, 0.15) is 26.3 Å². The number of benzene rings is 1. The van der Waals surface area contributed by atoms with E-state index in [2.05, 4.69) is 30.6 Å². The first-order chi connectivity index (χ1) is 8.91. The molecule has 0 aromatic heterocycles. The lowest BCUT2D eigenvalue weighted by atomic mass is 10.0. The molecule has 0 unspecified atom stereocenters. The van der Waals surface area contributed by atoms with Crippen LogP contribution in [0.25, 0.3) is 0 Å². The zero-order valence-corrected chi connectivity index (χ0v) is 12.1. The van der Waals surface area contributed by atoms with Gasteiger partial charge in [-0.3, -0.25) is 4.90 Å². The lowest BCUT2D eigenvalue weighted by Gasteiger charge is -2.43. The number of nitrogens with two attached hydrogens (primary N) is 1. The Kier molecular flexibility index (Phi) is 4.11. The van der Waals surface area contributed by atoms with Gasteiger partial charge in [0.15, 0.2) is 0 Å². The SMILES string of the molecule is CC(C)(C)N1CCN(c2ccc(CN)c(F)c2)CC1. The van der Waals surface area contributed by atoms with Crippen molar-refractivity contribution in [1.82, 2.24) is 4.90 Å². The largest absolute Gasteiger partial charge is 0.369 e. The zero-order chi connectivity index (χ0) is 14.0. The monoisotopic (exact) mass is 265 g/mol. The third-order valence-corrected chi connectivity index (χ3v) is 3.85. The third-order valence-electron chi connectivity index (χ3n) is 3.85. The molecule has 1 fully saturated rings. The Bertz CT molecular complexity index is 432. The summed E-state index contributed by atoms with van der Waals surface area (Å²) in [5, 5.41) is 0. The zero-order valence-electron chi connectivity index (χ0n) is 12.1. The minimum atomic E-state index is -0.196. The van der Waals surface area contributed by atoms with E-state index in [1.165, 1.54) is 0 Å². The smallest absolute Gasteiger partial charge is 0.129 e. The van der Waals surface area contributed by atoms with Crippen molar-refractivity contribution in [3.8, 4) is 0 Å². The van der Waals surface area contributed by atoms with Crippen molar-refractivity contribution in [1.29, 1.82) is 0 Å². The van der Waals surface area contributed by atoms with Gasteiger partial charge in [-0.2, -0.15) is 0 Å². The Labute approximate surface area is 115 Å². The summed E-state index contributed by atoms with van der Waals surface area (Å²) in [5.74, 6) is -0.196. The molecule has 1 aromatic rings. The van der Waals surface area contributed by atoms with Gasteiger partial charge < -0.3 is 10.6 Å². The molecule has 0 bridgehead atoms. The molecule has 1 aliphatic heterocycles. The van der Waals surface area contributed by atoms with Gasteiger partial charge in [0.25, 0.3) is 0 Å². The molecule has 19 heavy (non-hydrogen) atoms. The molecule has 0 radical (unpaired) electrons. The van der Waals surface area contributed by atoms with Crippen LogP contribution >= 0.6 is 0 Å². The average molecular weight is 265 g/mol. The van der Waals surface area contributed by atoms with E-state index in [1.807, 2.05) is 6.07 Å². The second kappa shape index (κ2) is 5.47. The van der Waals surface area contributed by atoms with Gasteiger partial charge >= 0.3 is 0 Å². The average Bonchev–Trinajstić information content (AvgIpc) is 2.38. The first kappa shape index (κ1) is 14.3. The summed E-state index contributed by atoms with van der Waals surface area (Å²) >= 11 is 0. The maximum atomic E-state index is 13.8. The molecule has 1 heterocycles. The number of hydrogen-bond donors (Lipinski definition) is 1. The maximum Gasteiger partial charge on any atom is 0.129 e. The van der Waals surface area contributed by atoms with Crippen LogP contribution in [0.5, 0.6) is 0 Å². The van der Waals surface area contributed by atoms with Gasteiger partial charge in [-0.1, -0.05) is 6.07 Å². The van der Waals surface area contributed by atoms with Gasteiger partial charge in [0, 0.05) is 49.5 Å². The Morgan fingerprint density at radius 3 is 2.26 bits per heavy atom. The Balaban J connectivity index is 2.04. The van der Waals surface area contributed by atoms with Gasteiger partial charge in [0.2, 0.25) is 0 Å². The molecular formula is C15H24FN3. The summed E-state index contributed by atoms with van der Waals surface area (Å²) in [6.07, 6.45) is 0. The molecule has 0 atom stereocenters. The fourth-order valence-electron chi connectivity index (χ4n) is 2.53. The van der Waals surface area contributed by atoms with Crippen LogP contribution in [0.2, 0.25) is 0 Å². The second-order valence-electron chi connectivity index (χ2n) is 6.12. The van der Waals surface area contributed by atoms with Gasteiger partial charge in [-0.15, -0.1) is 0 Å². The van der Waals surface area contributed by atoms with Crippen molar-refractivity contribution in [2.24, 2.45) is 5.73 Å². The van der Waals surface area contributed by atoms with E-state index in [0.29, 0.717) is 5.56 Å². The number of hydrogen-bond acceptors (Lipinski definition) is 3. The molecule has 4 heteroatoms. The quantitative estimate of drug-likeness (QED) is 0.890. The van der Waals surface area contributed by atoms with E-state index in [0.717, 1.165) is 31.9 Å². The fraction of sp³-hybridized carbons (Fsp3) is 0.600. The van der Waals surface area contributed by atoms with E-state index in [1.54, 1.807) is 12.1 Å². The molecule has 0 saturated carbocycles. The summed E-state index contributed by atoms with van der Waals surface area (Å²) in [4.78, 5) is 4.71. The highest BCUT2D eigenvalue weighted by Gasteiger charge is 2.25. The first-order valence-electron chi connectivity index (χ1n) is 6.90. The molecular weight excluding hydrogens is 241 g/mol.